The molecule has 2 fully saturated rings. The highest BCUT2D eigenvalue weighted by Gasteiger charge is 2.36. The fraction of sp³-hybridized carbons (Fsp3) is 0.667. The first kappa shape index (κ1) is 18.2. The second kappa shape index (κ2) is 8.22. The topological polar surface area (TPSA) is 41.6 Å². The van der Waals surface area contributed by atoms with E-state index in [1.54, 1.807) is 0 Å². The zero-order valence-electron chi connectivity index (χ0n) is 15.7. The van der Waals surface area contributed by atoms with Gasteiger partial charge in [0.05, 0.1) is 0 Å². The number of benzene rings is 1. The van der Waals surface area contributed by atoms with Crippen LogP contribution in [0.5, 0.6) is 5.75 Å². The van der Waals surface area contributed by atoms with Gasteiger partial charge in [-0.15, -0.1) is 0 Å². The summed E-state index contributed by atoms with van der Waals surface area (Å²) in [5, 5.41) is 3.06. The number of rotatable bonds is 6. The van der Waals surface area contributed by atoms with Crippen LogP contribution in [0.4, 0.5) is 5.69 Å². The third-order valence-corrected chi connectivity index (χ3v) is 5.96. The Morgan fingerprint density at radius 1 is 1.20 bits per heavy atom. The summed E-state index contributed by atoms with van der Waals surface area (Å²) in [6.07, 6.45) is 8.26. The van der Waals surface area contributed by atoms with Gasteiger partial charge in [-0.05, 0) is 63.4 Å². The molecule has 3 rings (SSSR count). The van der Waals surface area contributed by atoms with Crippen LogP contribution in [0.1, 0.15) is 58.8 Å². The molecule has 1 N–H and O–H groups in total. The van der Waals surface area contributed by atoms with Gasteiger partial charge in [0.2, 0.25) is 5.91 Å². The Kier molecular flexibility index (Phi) is 6.00. The maximum absolute atomic E-state index is 12.5. The maximum atomic E-state index is 12.5. The molecule has 1 saturated carbocycles. The van der Waals surface area contributed by atoms with Crippen molar-refractivity contribution in [2.45, 2.75) is 64.8 Å². The van der Waals surface area contributed by atoms with E-state index in [9.17, 15) is 4.79 Å². The maximum Gasteiger partial charge on any atom is 0.230 e. The van der Waals surface area contributed by atoms with E-state index in [1.165, 1.54) is 25.8 Å². The molecule has 4 nitrogen and oxygen atoms in total. The van der Waals surface area contributed by atoms with Gasteiger partial charge in [-0.3, -0.25) is 9.69 Å². The molecule has 4 heteroatoms. The monoisotopic (exact) mass is 344 g/mol. The number of hydrogen-bond donors (Lipinski definition) is 1. The molecule has 138 valence electrons. The Morgan fingerprint density at radius 3 is 2.60 bits per heavy atom. The first-order valence-electron chi connectivity index (χ1n) is 9.85. The van der Waals surface area contributed by atoms with Crippen LogP contribution in [-0.4, -0.2) is 36.5 Å². The van der Waals surface area contributed by atoms with Gasteiger partial charge in [0.1, 0.15) is 12.4 Å². The fourth-order valence-electron chi connectivity index (χ4n) is 4.07. The highest BCUT2D eigenvalue weighted by Crippen LogP contribution is 2.38. The minimum atomic E-state index is -0.194. The first-order chi connectivity index (χ1) is 12.1. The number of nitrogens with one attached hydrogen (secondary N) is 1. The number of anilines is 1. The average Bonchev–Trinajstić information content (AvgIpc) is 3.06. The van der Waals surface area contributed by atoms with Crippen LogP contribution < -0.4 is 10.1 Å². The Labute approximate surface area is 151 Å². The van der Waals surface area contributed by atoms with Gasteiger partial charge in [-0.25, -0.2) is 0 Å². The molecule has 0 aromatic heterocycles. The predicted octanol–water partition coefficient (Wildman–Crippen LogP) is 4.46. The number of hydrogen-bond acceptors (Lipinski definition) is 3. The van der Waals surface area contributed by atoms with Crippen molar-refractivity contribution in [1.82, 2.24) is 4.90 Å². The SMILES string of the molecule is C[C@@H]1CCCCN1CCOc1ccc(NC(=O)C2(C)CCCC2)cc1. The third-order valence-electron chi connectivity index (χ3n) is 5.96. The third kappa shape index (κ3) is 4.75. The molecule has 0 unspecified atom stereocenters. The molecule has 1 aromatic rings. The summed E-state index contributed by atoms with van der Waals surface area (Å²) < 4.78 is 5.88. The standard InChI is InChI=1S/C21H32N2O2/c1-17-7-3-6-14-23(17)15-16-25-19-10-8-18(9-11-19)22-20(24)21(2)12-4-5-13-21/h8-11,17H,3-7,12-16H2,1-2H3,(H,22,24)/t17-/m1/s1. The highest BCUT2D eigenvalue weighted by atomic mass is 16.5. The number of ether oxygens (including phenoxy) is 1. The molecular weight excluding hydrogens is 312 g/mol. The zero-order chi connectivity index (χ0) is 17.7. The van der Waals surface area contributed by atoms with Crippen molar-refractivity contribution in [3.63, 3.8) is 0 Å². The molecule has 1 saturated heterocycles. The van der Waals surface area contributed by atoms with E-state index in [2.05, 4.69) is 24.1 Å². The van der Waals surface area contributed by atoms with Gasteiger partial charge < -0.3 is 10.1 Å². The van der Waals surface area contributed by atoms with E-state index in [0.717, 1.165) is 43.7 Å². The Hall–Kier alpha value is -1.55. The number of amides is 1. The Bertz CT molecular complexity index is 564. The van der Waals surface area contributed by atoms with Crippen LogP contribution in [0.25, 0.3) is 0 Å². The fourth-order valence-corrected chi connectivity index (χ4v) is 4.07. The van der Waals surface area contributed by atoms with E-state index in [0.29, 0.717) is 12.6 Å². The van der Waals surface area contributed by atoms with E-state index in [-0.39, 0.29) is 11.3 Å². The van der Waals surface area contributed by atoms with Gasteiger partial charge in [0.15, 0.2) is 0 Å². The van der Waals surface area contributed by atoms with Crippen LogP contribution in [0.15, 0.2) is 24.3 Å². The van der Waals surface area contributed by atoms with Crippen LogP contribution >= 0.6 is 0 Å². The van der Waals surface area contributed by atoms with Crippen LogP contribution in [0.3, 0.4) is 0 Å². The summed E-state index contributed by atoms with van der Waals surface area (Å²) in [5.41, 5.74) is 0.662. The quantitative estimate of drug-likeness (QED) is 0.828. The van der Waals surface area contributed by atoms with Crippen molar-refractivity contribution in [2.75, 3.05) is 25.0 Å². The molecule has 1 aliphatic carbocycles. The van der Waals surface area contributed by atoms with E-state index in [1.807, 2.05) is 24.3 Å². The minimum absolute atomic E-state index is 0.151. The largest absolute Gasteiger partial charge is 0.492 e. The summed E-state index contributed by atoms with van der Waals surface area (Å²) in [4.78, 5) is 15.0. The molecule has 1 amide bonds. The van der Waals surface area contributed by atoms with Gasteiger partial charge >= 0.3 is 0 Å². The number of likely N-dealkylation sites (tertiary alicyclic amines) is 1. The first-order valence-corrected chi connectivity index (χ1v) is 9.85. The second-order valence-corrected chi connectivity index (χ2v) is 7.98. The van der Waals surface area contributed by atoms with E-state index >= 15 is 0 Å². The van der Waals surface area contributed by atoms with E-state index < -0.39 is 0 Å². The summed E-state index contributed by atoms with van der Waals surface area (Å²) in [7, 11) is 0. The normalized spacial score (nSPS) is 23.4. The molecule has 2 aliphatic rings. The summed E-state index contributed by atoms with van der Waals surface area (Å²) in [6, 6.07) is 8.45. The summed E-state index contributed by atoms with van der Waals surface area (Å²) in [5.74, 6) is 1.02. The number of piperidine rings is 1. The van der Waals surface area contributed by atoms with E-state index in [4.69, 9.17) is 4.74 Å². The Balaban J connectivity index is 1.44. The zero-order valence-corrected chi connectivity index (χ0v) is 15.7. The molecule has 1 aromatic carbocycles. The second-order valence-electron chi connectivity index (χ2n) is 7.98. The summed E-state index contributed by atoms with van der Waals surface area (Å²) >= 11 is 0. The predicted molar refractivity (Wildman–Crippen MR) is 102 cm³/mol. The molecule has 1 aliphatic heterocycles. The van der Waals surface area contributed by atoms with Gasteiger partial charge in [-0.1, -0.05) is 26.2 Å². The van der Waals surface area contributed by atoms with Crippen LogP contribution in [0.2, 0.25) is 0 Å². The molecule has 0 radical (unpaired) electrons. The van der Waals surface area contributed by atoms with Crippen molar-refractivity contribution in [3.05, 3.63) is 24.3 Å². The number of carbonyl (C=O) groups is 1. The lowest BCUT2D eigenvalue weighted by Crippen LogP contribution is -2.39. The molecule has 0 bridgehead atoms. The molecule has 0 spiro atoms. The smallest absolute Gasteiger partial charge is 0.230 e. The molecular formula is C21H32N2O2. The van der Waals surface area contributed by atoms with Gasteiger partial charge in [0.25, 0.3) is 0 Å². The van der Waals surface area contributed by atoms with Gasteiger partial charge in [0, 0.05) is 23.7 Å². The van der Waals surface area contributed by atoms with Crippen molar-refractivity contribution in [3.8, 4) is 5.75 Å². The van der Waals surface area contributed by atoms with Crippen molar-refractivity contribution < 1.29 is 9.53 Å². The minimum Gasteiger partial charge on any atom is -0.492 e. The summed E-state index contributed by atoms with van der Waals surface area (Å²) in [6.45, 7) is 7.27. The van der Waals surface area contributed by atoms with Crippen LogP contribution in [-0.2, 0) is 4.79 Å². The lowest BCUT2D eigenvalue weighted by molar-refractivity contribution is -0.124. The van der Waals surface area contributed by atoms with Crippen molar-refractivity contribution >= 4 is 11.6 Å². The Morgan fingerprint density at radius 2 is 1.92 bits per heavy atom. The lowest BCUT2D eigenvalue weighted by Gasteiger charge is -2.33. The molecule has 1 atom stereocenters. The lowest BCUT2D eigenvalue weighted by atomic mass is 9.88. The van der Waals surface area contributed by atoms with Crippen molar-refractivity contribution in [1.29, 1.82) is 0 Å². The average molecular weight is 344 g/mol. The molecule has 25 heavy (non-hydrogen) atoms. The number of carbonyl (C=O) groups excluding carboxylic acids is 1. The van der Waals surface area contributed by atoms with Crippen LogP contribution in [0, 0.1) is 5.41 Å². The van der Waals surface area contributed by atoms with Crippen molar-refractivity contribution in [2.24, 2.45) is 5.41 Å². The highest BCUT2D eigenvalue weighted by molar-refractivity contribution is 5.95. The number of nitrogens with zero attached hydrogens (tertiary/aromatic N) is 1. The van der Waals surface area contributed by atoms with Gasteiger partial charge in [-0.2, -0.15) is 0 Å². The molecule has 1 heterocycles.